The number of pyridine rings is 1. The first-order valence-corrected chi connectivity index (χ1v) is 14.6. The summed E-state index contributed by atoms with van der Waals surface area (Å²) in [5, 5.41) is 5.24. The van der Waals surface area contributed by atoms with E-state index in [0.717, 1.165) is 5.69 Å². The van der Waals surface area contributed by atoms with Crippen LogP contribution in [0.15, 0.2) is 60.7 Å². The third-order valence-corrected chi connectivity index (χ3v) is 9.21. The van der Waals surface area contributed by atoms with E-state index in [-0.39, 0.29) is 29.0 Å². The molecule has 196 valence electrons. The van der Waals surface area contributed by atoms with Crippen LogP contribution in [0.3, 0.4) is 0 Å². The SMILES string of the molecule is Cc1nn(C2CCS(=O)(=O)C2)c2nc(-c3ccccc3F)cc(C(=O)N3CCN(c4ccccc4)CC3)c12. The van der Waals surface area contributed by atoms with Crippen LogP contribution in [-0.4, -0.2) is 71.7 Å². The van der Waals surface area contributed by atoms with Crippen molar-refractivity contribution in [1.82, 2.24) is 19.7 Å². The summed E-state index contributed by atoms with van der Waals surface area (Å²) in [6.45, 7) is 4.28. The molecule has 1 amide bonds. The first-order chi connectivity index (χ1) is 18.3. The molecule has 8 nitrogen and oxygen atoms in total. The standard InChI is InChI=1S/C28H28FN5O3S/c1-19-26-23(28(35)33-14-12-32(13-15-33)20-7-3-2-4-8-20)17-25(22-9-5-6-10-24(22)29)30-27(26)34(31-19)21-11-16-38(36,37)18-21/h2-10,17,21H,11-16,18H2,1H3. The Balaban J connectivity index is 1.41. The van der Waals surface area contributed by atoms with Gasteiger partial charge in [0.15, 0.2) is 15.5 Å². The number of rotatable bonds is 4. The highest BCUT2D eigenvalue weighted by Crippen LogP contribution is 2.33. The van der Waals surface area contributed by atoms with E-state index in [9.17, 15) is 17.6 Å². The van der Waals surface area contributed by atoms with E-state index < -0.39 is 15.7 Å². The minimum absolute atomic E-state index is 0.0282. The Hall–Kier alpha value is -3.79. The van der Waals surface area contributed by atoms with Gasteiger partial charge in [-0.15, -0.1) is 0 Å². The van der Waals surface area contributed by atoms with E-state index in [1.807, 2.05) is 23.1 Å². The molecule has 2 aliphatic rings. The van der Waals surface area contributed by atoms with Gasteiger partial charge in [-0.3, -0.25) is 4.79 Å². The Morgan fingerprint density at radius 1 is 1.00 bits per heavy atom. The molecule has 2 fully saturated rings. The molecule has 0 radical (unpaired) electrons. The zero-order chi connectivity index (χ0) is 26.4. The molecule has 38 heavy (non-hydrogen) atoms. The molecule has 0 saturated carbocycles. The maximum Gasteiger partial charge on any atom is 0.254 e. The second-order valence-electron chi connectivity index (χ2n) is 9.94. The highest BCUT2D eigenvalue weighted by Gasteiger charge is 2.33. The van der Waals surface area contributed by atoms with Crippen molar-refractivity contribution in [2.75, 3.05) is 42.6 Å². The number of hydrogen-bond acceptors (Lipinski definition) is 6. The molecule has 0 aliphatic carbocycles. The minimum atomic E-state index is -3.17. The van der Waals surface area contributed by atoms with Crippen LogP contribution in [0.25, 0.3) is 22.3 Å². The zero-order valence-corrected chi connectivity index (χ0v) is 21.9. The molecule has 2 aromatic carbocycles. The Labute approximate surface area is 220 Å². The first kappa shape index (κ1) is 24.5. The summed E-state index contributed by atoms with van der Waals surface area (Å²) in [6.07, 6.45) is 0.425. The van der Waals surface area contributed by atoms with Gasteiger partial charge in [0.25, 0.3) is 5.91 Å². The van der Waals surface area contributed by atoms with Gasteiger partial charge in [0.1, 0.15) is 5.82 Å². The van der Waals surface area contributed by atoms with Gasteiger partial charge in [0.2, 0.25) is 0 Å². The molecule has 4 aromatic rings. The second-order valence-corrected chi connectivity index (χ2v) is 12.2. The van der Waals surface area contributed by atoms with Gasteiger partial charge in [0.05, 0.1) is 39.9 Å². The van der Waals surface area contributed by atoms with Crippen molar-refractivity contribution in [1.29, 1.82) is 0 Å². The predicted molar refractivity (Wildman–Crippen MR) is 145 cm³/mol. The van der Waals surface area contributed by atoms with Crippen molar-refractivity contribution in [2.45, 2.75) is 19.4 Å². The Morgan fingerprint density at radius 2 is 1.71 bits per heavy atom. The quantitative estimate of drug-likeness (QED) is 0.396. The number of sulfone groups is 1. The number of amides is 1. The number of para-hydroxylation sites is 1. The lowest BCUT2D eigenvalue weighted by atomic mass is 10.0. The van der Waals surface area contributed by atoms with E-state index >= 15 is 0 Å². The average Bonchev–Trinajstić information content (AvgIpc) is 3.47. The molecule has 0 bridgehead atoms. The molecule has 10 heteroatoms. The molecule has 2 aromatic heterocycles. The highest BCUT2D eigenvalue weighted by atomic mass is 32.2. The molecule has 0 spiro atoms. The highest BCUT2D eigenvalue weighted by molar-refractivity contribution is 7.91. The molecule has 0 N–H and O–H groups in total. The maximum absolute atomic E-state index is 14.8. The number of halogens is 1. The summed E-state index contributed by atoms with van der Waals surface area (Å²) in [5.74, 6) is -0.549. The molecule has 2 saturated heterocycles. The van der Waals surface area contributed by atoms with E-state index in [1.54, 1.807) is 35.9 Å². The van der Waals surface area contributed by atoms with Gasteiger partial charge in [-0.2, -0.15) is 5.10 Å². The lowest BCUT2D eigenvalue weighted by Crippen LogP contribution is -2.48. The Bertz CT molecular complexity index is 1630. The number of piperazine rings is 1. The van der Waals surface area contributed by atoms with Crippen molar-refractivity contribution in [2.24, 2.45) is 0 Å². The number of benzene rings is 2. The molecule has 2 aliphatic heterocycles. The van der Waals surface area contributed by atoms with Crippen molar-refractivity contribution in [3.8, 4) is 11.3 Å². The number of fused-ring (bicyclic) bond motifs is 1. The third-order valence-electron chi connectivity index (χ3n) is 7.46. The Morgan fingerprint density at radius 3 is 2.39 bits per heavy atom. The van der Waals surface area contributed by atoms with Gasteiger partial charge in [0, 0.05) is 37.4 Å². The van der Waals surface area contributed by atoms with Crippen LogP contribution in [0, 0.1) is 12.7 Å². The van der Waals surface area contributed by atoms with Gasteiger partial charge in [-0.25, -0.2) is 22.5 Å². The summed E-state index contributed by atoms with van der Waals surface area (Å²) < 4.78 is 40.9. The zero-order valence-electron chi connectivity index (χ0n) is 21.0. The monoisotopic (exact) mass is 533 g/mol. The van der Waals surface area contributed by atoms with Crippen LogP contribution >= 0.6 is 0 Å². The fourth-order valence-electron chi connectivity index (χ4n) is 5.49. The van der Waals surface area contributed by atoms with Gasteiger partial charge < -0.3 is 9.80 Å². The fourth-order valence-corrected chi connectivity index (χ4v) is 7.18. The molecule has 1 unspecified atom stereocenters. The van der Waals surface area contributed by atoms with Crippen LogP contribution in [0.2, 0.25) is 0 Å². The summed E-state index contributed by atoms with van der Waals surface area (Å²) in [6, 6.07) is 17.7. The van der Waals surface area contributed by atoms with Crippen LogP contribution < -0.4 is 4.90 Å². The number of hydrogen-bond donors (Lipinski definition) is 0. The molecular weight excluding hydrogens is 505 g/mol. The van der Waals surface area contributed by atoms with Crippen molar-refractivity contribution in [3.05, 3.63) is 77.7 Å². The van der Waals surface area contributed by atoms with Crippen molar-refractivity contribution in [3.63, 3.8) is 0 Å². The van der Waals surface area contributed by atoms with E-state index in [1.165, 1.54) is 6.07 Å². The number of anilines is 1. The third kappa shape index (κ3) is 4.42. The molecule has 1 atom stereocenters. The summed E-state index contributed by atoms with van der Waals surface area (Å²) in [5.41, 5.74) is 3.15. The van der Waals surface area contributed by atoms with E-state index in [2.05, 4.69) is 22.1 Å². The number of nitrogens with zero attached hydrogens (tertiary/aromatic N) is 5. The predicted octanol–water partition coefficient (Wildman–Crippen LogP) is 3.87. The molecule has 4 heterocycles. The minimum Gasteiger partial charge on any atom is -0.368 e. The van der Waals surface area contributed by atoms with Gasteiger partial charge in [-0.05, 0) is 43.7 Å². The number of aromatic nitrogens is 3. The molecule has 6 rings (SSSR count). The topological polar surface area (TPSA) is 88.4 Å². The van der Waals surface area contributed by atoms with Gasteiger partial charge >= 0.3 is 0 Å². The lowest BCUT2D eigenvalue weighted by molar-refractivity contribution is 0.0748. The fraction of sp³-hybridized carbons (Fsp3) is 0.321. The van der Waals surface area contributed by atoms with E-state index in [4.69, 9.17) is 4.98 Å². The van der Waals surface area contributed by atoms with Crippen LogP contribution in [-0.2, 0) is 9.84 Å². The van der Waals surface area contributed by atoms with Crippen LogP contribution in [0.4, 0.5) is 10.1 Å². The molecular formula is C28H28FN5O3S. The average molecular weight is 534 g/mol. The number of carbonyl (C=O) groups excluding carboxylic acids is 1. The largest absolute Gasteiger partial charge is 0.368 e. The van der Waals surface area contributed by atoms with E-state index in [0.29, 0.717) is 60.6 Å². The summed E-state index contributed by atoms with van der Waals surface area (Å²) >= 11 is 0. The normalized spacial score (nSPS) is 19.3. The van der Waals surface area contributed by atoms with Crippen LogP contribution in [0.1, 0.15) is 28.5 Å². The number of carbonyl (C=O) groups is 1. The maximum atomic E-state index is 14.8. The smallest absolute Gasteiger partial charge is 0.254 e. The number of aryl methyl sites for hydroxylation is 1. The lowest BCUT2D eigenvalue weighted by Gasteiger charge is -2.36. The van der Waals surface area contributed by atoms with Crippen molar-refractivity contribution >= 4 is 32.5 Å². The van der Waals surface area contributed by atoms with Gasteiger partial charge in [-0.1, -0.05) is 30.3 Å². The van der Waals surface area contributed by atoms with Crippen molar-refractivity contribution < 1.29 is 17.6 Å². The Kier molecular flexibility index (Phi) is 6.14. The summed E-state index contributed by atoms with van der Waals surface area (Å²) in [4.78, 5) is 22.8. The first-order valence-electron chi connectivity index (χ1n) is 12.8. The van der Waals surface area contributed by atoms with Crippen LogP contribution in [0.5, 0.6) is 0 Å². The summed E-state index contributed by atoms with van der Waals surface area (Å²) in [7, 11) is -3.17. The second kappa shape index (κ2) is 9.50.